The number of nitrogens with zero attached hydrogens (tertiary/aromatic N) is 3. The Morgan fingerprint density at radius 1 is 0.963 bits per heavy atom. The second-order valence-corrected chi connectivity index (χ2v) is 6.10. The highest BCUT2D eigenvalue weighted by Gasteiger charge is 2.15. The van der Waals surface area contributed by atoms with Gasteiger partial charge in [-0.15, -0.1) is 0 Å². The van der Waals surface area contributed by atoms with Crippen LogP contribution in [0.5, 0.6) is 0 Å². The molecule has 0 fully saturated rings. The van der Waals surface area contributed by atoms with Gasteiger partial charge in [0.25, 0.3) is 0 Å². The number of para-hydroxylation sites is 2. The van der Waals surface area contributed by atoms with E-state index in [-0.39, 0.29) is 6.04 Å². The summed E-state index contributed by atoms with van der Waals surface area (Å²) in [7, 11) is 1.66. The predicted molar refractivity (Wildman–Crippen MR) is 110 cm³/mol. The molecule has 0 saturated heterocycles. The van der Waals surface area contributed by atoms with Crippen molar-refractivity contribution in [2.24, 2.45) is 0 Å². The Labute approximate surface area is 159 Å². The van der Waals surface area contributed by atoms with Gasteiger partial charge in [-0.05, 0) is 31.2 Å². The van der Waals surface area contributed by atoms with Crippen molar-refractivity contribution in [3.8, 4) is 0 Å². The first-order chi connectivity index (χ1) is 13.2. The molecule has 0 aliphatic rings. The van der Waals surface area contributed by atoms with Gasteiger partial charge in [-0.25, -0.2) is 9.97 Å². The summed E-state index contributed by atoms with van der Waals surface area (Å²) in [5.41, 5.74) is 12.0. The lowest BCUT2D eigenvalue weighted by Crippen LogP contribution is -2.27. The summed E-state index contributed by atoms with van der Waals surface area (Å²) in [5, 5.41) is 5.18. The quantitative estimate of drug-likeness (QED) is 0.526. The number of ether oxygens (including phenoxy) is 1. The van der Waals surface area contributed by atoms with Crippen LogP contribution in [0.25, 0.3) is 0 Å². The molecule has 1 aromatic heterocycles. The number of aromatic nitrogens is 2. The molecule has 0 amide bonds. The monoisotopic (exact) mass is 364 g/mol. The Kier molecular flexibility index (Phi) is 6.06. The zero-order valence-electron chi connectivity index (χ0n) is 15.5. The number of nitrogen functional groups attached to an aromatic ring is 1. The van der Waals surface area contributed by atoms with Crippen LogP contribution in [0.2, 0.25) is 0 Å². The van der Waals surface area contributed by atoms with E-state index in [0.29, 0.717) is 23.9 Å². The molecule has 140 valence electrons. The third-order valence-corrected chi connectivity index (χ3v) is 3.93. The van der Waals surface area contributed by atoms with E-state index in [4.69, 9.17) is 10.5 Å². The fourth-order valence-electron chi connectivity index (χ4n) is 2.66. The Balaban J connectivity index is 1.90. The van der Waals surface area contributed by atoms with Crippen LogP contribution in [0, 0.1) is 0 Å². The maximum absolute atomic E-state index is 6.31. The summed E-state index contributed by atoms with van der Waals surface area (Å²) in [5.74, 6) is 1.09. The summed E-state index contributed by atoms with van der Waals surface area (Å²) in [6.45, 7) is 2.55. The van der Waals surface area contributed by atoms with Crippen LogP contribution in [0.1, 0.15) is 6.92 Å². The van der Waals surface area contributed by atoms with Crippen LogP contribution in [0.15, 0.2) is 67.0 Å². The molecular formula is C20H24N6O. The molecule has 4 N–H and O–H groups in total. The first-order valence-electron chi connectivity index (χ1n) is 8.72. The van der Waals surface area contributed by atoms with Crippen LogP contribution >= 0.6 is 0 Å². The lowest BCUT2D eigenvalue weighted by Gasteiger charge is -2.27. The molecule has 0 spiro atoms. The number of nitrogens with two attached hydrogens (primary N) is 1. The SMILES string of the molecule is COCC(C)Nc1ncnc(NN(c2ccccc2)c2ccccc2)c1N. The van der Waals surface area contributed by atoms with Crippen LogP contribution < -0.4 is 21.5 Å². The Morgan fingerprint density at radius 2 is 1.52 bits per heavy atom. The number of nitrogens with one attached hydrogen (secondary N) is 2. The fourth-order valence-corrected chi connectivity index (χ4v) is 2.66. The van der Waals surface area contributed by atoms with Crippen LogP contribution in [-0.2, 0) is 4.74 Å². The van der Waals surface area contributed by atoms with Gasteiger partial charge in [0, 0.05) is 13.2 Å². The molecule has 27 heavy (non-hydrogen) atoms. The van der Waals surface area contributed by atoms with E-state index in [1.165, 1.54) is 6.33 Å². The van der Waals surface area contributed by atoms with E-state index >= 15 is 0 Å². The first kappa shape index (κ1) is 18.5. The van der Waals surface area contributed by atoms with Gasteiger partial charge in [0.2, 0.25) is 0 Å². The number of methoxy groups -OCH3 is 1. The van der Waals surface area contributed by atoms with Crippen molar-refractivity contribution in [1.82, 2.24) is 9.97 Å². The smallest absolute Gasteiger partial charge is 0.173 e. The summed E-state index contributed by atoms with van der Waals surface area (Å²) in [4.78, 5) is 8.58. The number of hydrogen-bond acceptors (Lipinski definition) is 7. The molecule has 1 atom stereocenters. The van der Waals surface area contributed by atoms with Crippen LogP contribution in [-0.4, -0.2) is 29.7 Å². The number of anilines is 5. The largest absolute Gasteiger partial charge is 0.393 e. The average Bonchev–Trinajstić information content (AvgIpc) is 2.70. The molecule has 7 nitrogen and oxygen atoms in total. The Hall–Kier alpha value is -3.32. The summed E-state index contributed by atoms with van der Waals surface area (Å²) in [6.07, 6.45) is 1.48. The van der Waals surface area contributed by atoms with Crippen molar-refractivity contribution in [3.05, 3.63) is 67.0 Å². The van der Waals surface area contributed by atoms with Crippen molar-refractivity contribution in [1.29, 1.82) is 0 Å². The minimum Gasteiger partial charge on any atom is -0.393 e. The summed E-state index contributed by atoms with van der Waals surface area (Å²) >= 11 is 0. The van der Waals surface area contributed by atoms with Crippen molar-refractivity contribution in [2.45, 2.75) is 13.0 Å². The topological polar surface area (TPSA) is 88.3 Å². The molecule has 1 unspecified atom stereocenters. The van der Waals surface area contributed by atoms with Crippen LogP contribution in [0.4, 0.5) is 28.7 Å². The maximum Gasteiger partial charge on any atom is 0.173 e. The predicted octanol–water partition coefficient (Wildman–Crippen LogP) is 3.67. The van der Waals surface area contributed by atoms with Crippen molar-refractivity contribution in [2.75, 3.05) is 35.2 Å². The molecule has 3 aromatic rings. The van der Waals surface area contributed by atoms with E-state index in [1.54, 1.807) is 7.11 Å². The second-order valence-electron chi connectivity index (χ2n) is 6.10. The summed E-state index contributed by atoms with van der Waals surface area (Å²) in [6, 6.07) is 20.0. The molecule has 0 aliphatic carbocycles. The number of rotatable bonds is 8. The molecule has 3 rings (SSSR count). The minimum atomic E-state index is 0.0689. The van der Waals surface area contributed by atoms with Crippen molar-refractivity contribution >= 4 is 28.7 Å². The molecule has 0 aliphatic heterocycles. The minimum absolute atomic E-state index is 0.0689. The zero-order chi connectivity index (χ0) is 19.1. The lowest BCUT2D eigenvalue weighted by molar-refractivity contribution is 0.190. The van der Waals surface area contributed by atoms with Gasteiger partial charge >= 0.3 is 0 Å². The number of benzene rings is 2. The van der Waals surface area contributed by atoms with Gasteiger partial charge in [-0.1, -0.05) is 36.4 Å². The van der Waals surface area contributed by atoms with Crippen molar-refractivity contribution < 1.29 is 4.74 Å². The third kappa shape index (κ3) is 4.65. The second kappa shape index (κ2) is 8.86. The first-order valence-corrected chi connectivity index (χ1v) is 8.72. The maximum atomic E-state index is 6.31. The normalized spacial score (nSPS) is 11.6. The number of hydrogen-bond donors (Lipinski definition) is 3. The van der Waals surface area contributed by atoms with Crippen molar-refractivity contribution in [3.63, 3.8) is 0 Å². The molecule has 0 saturated carbocycles. The Bertz CT molecular complexity index is 804. The van der Waals surface area contributed by atoms with E-state index in [0.717, 1.165) is 11.4 Å². The molecular weight excluding hydrogens is 340 g/mol. The highest BCUT2D eigenvalue weighted by atomic mass is 16.5. The third-order valence-electron chi connectivity index (χ3n) is 3.93. The summed E-state index contributed by atoms with van der Waals surface area (Å²) < 4.78 is 5.16. The molecule has 7 heteroatoms. The molecule has 1 heterocycles. The zero-order valence-corrected chi connectivity index (χ0v) is 15.5. The van der Waals surface area contributed by atoms with E-state index in [9.17, 15) is 0 Å². The van der Waals surface area contributed by atoms with Gasteiger partial charge in [0.15, 0.2) is 11.6 Å². The van der Waals surface area contributed by atoms with E-state index < -0.39 is 0 Å². The average molecular weight is 364 g/mol. The molecule has 2 aromatic carbocycles. The van der Waals surface area contributed by atoms with Crippen LogP contribution in [0.3, 0.4) is 0 Å². The van der Waals surface area contributed by atoms with E-state index in [1.807, 2.05) is 72.6 Å². The highest BCUT2D eigenvalue weighted by molar-refractivity contribution is 5.78. The van der Waals surface area contributed by atoms with Gasteiger partial charge < -0.3 is 15.8 Å². The van der Waals surface area contributed by atoms with E-state index in [2.05, 4.69) is 20.7 Å². The Morgan fingerprint density at radius 3 is 2.07 bits per heavy atom. The molecule has 0 radical (unpaired) electrons. The number of hydrazine groups is 1. The standard InChI is InChI=1S/C20H24N6O/c1-15(13-27-2)24-19-18(21)20(23-14-22-19)25-26(16-9-5-3-6-10-16)17-11-7-4-8-12-17/h3-12,14-15H,13,21H2,1-2H3,(H2,22,23,24,25). The fraction of sp³-hybridized carbons (Fsp3) is 0.200. The lowest BCUT2D eigenvalue weighted by atomic mass is 10.2. The molecule has 0 bridgehead atoms. The highest BCUT2D eigenvalue weighted by Crippen LogP contribution is 2.29. The van der Waals surface area contributed by atoms with Gasteiger partial charge in [-0.3, -0.25) is 10.4 Å². The van der Waals surface area contributed by atoms with Gasteiger partial charge in [0.05, 0.1) is 18.0 Å². The van der Waals surface area contributed by atoms with Gasteiger partial charge in [0.1, 0.15) is 12.0 Å². The van der Waals surface area contributed by atoms with Gasteiger partial charge in [-0.2, -0.15) is 0 Å².